The highest BCUT2D eigenvalue weighted by Gasteiger charge is 2.30. The molecule has 1 saturated heterocycles. The lowest BCUT2D eigenvalue weighted by Crippen LogP contribution is -2.40. The molecule has 1 aromatic carbocycles. The molecular formula is C14H17N3O4. The highest BCUT2D eigenvalue weighted by atomic mass is 16.4. The lowest BCUT2D eigenvalue weighted by atomic mass is 10.2. The van der Waals surface area contributed by atoms with Crippen LogP contribution in [-0.2, 0) is 16.1 Å². The third-order valence-electron chi connectivity index (χ3n) is 3.14. The van der Waals surface area contributed by atoms with Crippen LogP contribution in [0.25, 0.3) is 0 Å². The van der Waals surface area contributed by atoms with Crippen LogP contribution in [0.5, 0.6) is 0 Å². The number of carboxylic acid groups (broad SMARTS) is 1. The molecule has 0 radical (unpaired) electrons. The molecule has 2 N–H and O–H groups in total. The predicted molar refractivity (Wildman–Crippen MR) is 74.2 cm³/mol. The van der Waals surface area contributed by atoms with Crippen molar-refractivity contribution >= 4 is 17.9 Å². The fourth-order valence-electron chi connectivity index (χ4n) is 2.06. The van der Waals surface area contributed by atoms with Crippen LogP contribution in [0.1, 0.15) is 12.0 Å². The number of rotatable bonds is 5. The van der Waals surface area contributed by atoms with Gasteiger partial charge in [-0.15, -0.1) is 0 Å². The topological polar surface area (TPSA) is 90.0 Å². The van der Waals surface area contributed by atoms with Gasteiger partial charge in [0.05, 0.1) is 13.1 Å². The van der Waals surface area contributed by atoms with Crippen LogP contribution in [-0.4, -0.2) is 52.6 Å². The maximum Gasteiger partial charge on any atom is 0.319 e. The van der Waals surface area contributed by atoms with Gasteiger partial charge in [-0.3, -0.25) is 14.5 Å². The number of amides is 3. The van der Waals surface area contributed by atoms with Gasteiger partial charge < -0.3 is 15.3 Å². The first kappa shape index (κ1) is 14.8. The highest BCUT2D eigenvalue weighted by molar-refractivity contribution is 5.87. The number of urea groups is 1. The summed E-state index contributed by atoms with van der Waals surface area (Å²) in [7, 11) is 0. The molecule has 2 rings (SSSR count). The van der Waals surface area contributed by atoms with Gasteiger partial charge in [-0.2, -0.15) is 0 Å². The summed E-state index contributed by atoms with van der Waals surface area (Å²) in [6.45, 7) is 0.745. The summed E-state index contributed by atoms with van der Waals surface area (Å²) >= 11 is 0. The van der Waals surface area contributed by atoms with Gasteiger partial charge in [0.25, 0.3) is 0 Å². The fraction of sp³-hybridized carbons (Fsp3) is 0.357. The van der Waals surface area contributed by atoms with Gasteiger partial charge in [0.2, 0.25) is 5.91 Å². The van der Waals surface area contributed by atoms with E-state index in [4.69, 9.17) is 5.11 Å². The summed E-state index contributed by atoms with van der Waals surface area (Å²) in [4.78, 5) is 37.0. The Bertz CT molecular complexity index is 532. The molecule has 1 heterocycles. The van der Waals surface area contributed by atoms with Gasteiger partial charge in [0, 0.05) is 13.1 Å². The van der Waals surface area contributed by atoms with Crippen molar-refractivity contribution in [3.63, 3.8) is 0 Å². The second kappa shape index (κ2) is 6.74. The quantitative estimate of drug-likeness (QED) is 0.825. The minimum atomic E-state index is -0.974. The number of nitrogens with one attached hydrogen (secondary N) is 1. The number of hydrogen-bond acceptors (Lipinski definition) is 3. The highest BCUT2D eigenvalue weighted by Crippen LogP contribution is 2.12. The molecule has 3 amide bonds. The summed E-state index contributed by atoms with van der Waals surface area (Å²) < 4.78 is 0. The predicted octanol–water partition coefficient (Wildman–Crippen LogP) is 0.473. The van der Waals surface area contributed by atoms with Gasteiger partial charge >= 0.3 is 12.0 Å². The molecule has 1 aliphatic heterocycles. The first-order valence-corrected chi connectivity index (χ1v) is 6.62. The van der Waals surface area contributed by atoms with E-state index < -0.39 is 12.0 Å². The van der Waals surface area contributed by atoms with Crippen molar-refractivity contribution in [1.82, 2.24) is 15.1 Å². The SMILES string of the molecule is O=C(O)CCNC(=O)N1CC(=O)N(Cc2ccccc2)C1. The molecule has 1 fully saturated rings. The normalized spacial score (nSPS) is 14.4. The molecule has 0 spiro atoms. The molecule has 1 aromatic rings. The molecular weight excluding hydrogens is 274 g/mol. The largest absolute Gasteiger partial charge is 0.481 e. The Morgan fingerprint density at radius 2 is 1.95 bits per heavy atom. The Kier molecular flexibility index (Phi) is 4.76. The maximum atomic E-state index is 11.9. The van der Waals surface area contributed by atoms with Crippen LogP contribution in [0, 0.1) is 0 Å². The van der Waals surface area contributed by atoms with E-state index in [1.54, 1.807) is 4.90 Å². The molecule has 0 saturated carbocycles. The van der Waals surface area contributed by atoms with Crippen LogP contribution in [0.15, 0.2) is 30.3 Å². The molecule has 0 aromatic heterocycles. The third-order valence-corrected chi connectivity index (χ3v) is 3.14. The molecule has 7 nitrogen and oxygen atoms in total. The third kappa shape index (κ3) is 4.20. The Morgan fingerprint density at radius 1 is 1.24 bits per heavy atom. The summed E-state index contributed by atoms with van der Waals surface area (Å²) in [5.74, 6) is -1.09. The molecule has 0 bridgehead atoms. The zero-order chi connectivity index (χ0) is 15.2. The standard InChI is InChI=1S/C14H17N3O4/c18-12-9-17(14(21)15-7-6-13(19)20)10-16(12)8-11-4-2-1-3-5-11/h1-5H,6-10H2,(H,15,21)(H,19,20). The van der Waals surface area contributed by atoms with Gasteiger partial charge in [0.1, 0.15) is 6.54 Å². The maximum absolute atomic E-state index is 11.9. The lowest BCUT2D eigenvalue weighted by Gasteiger charge is -2.18. The number of carbonyl (C=O) groups is 3. The van der Waals surface area contributed by atoms with Gasteiger partial charge in [-0.05, 0) is 5.56 Å². The summed E-state index contributed by atoms with van der Waals surface area (Å²) in [6.07, 6.45) is -0.138. The number of benzene rings is 1. The number of hydrogen-bond donors (Lipinski definition) is 2. The average molecular weight is 291 g/mol. The molecule has 1 aliphatic rings. The number of aliphatic carboxylic acids is 1. The Hall–Kier alpha value is -2.57. The van der Waals surface area contributed by atoms with Crippen LogP contribution in [0.2, 0.25) is 0 Å². The Balaban J connectivity index is 1.84. The van der Waals surface area contributed by atoms with E-state index in [-0.39, 0.29) is 32.1 Å². The van der Waals surface area contributed by atoms with E-state index in [2.05, 4.69) is 5.32 Å². The molecule has 0 aliphatic carbocycles. The summed E-state index contributed by atoms with van der Waals surface area (Å²) in [5, 5.41) is 11.0. The number of carboxylic acids is 1. The second-order valence-electron chi connectivity index (χ2n) is 4.79. The van der Waals surface area contributed by atoms with Crippen molar-refractivity contribution < 1.29 is 19.5 Å². The minimum Gasteiger partial charge on any atom is -0.481 e. The van der Waals surface area contributed by atoms with Crippen LogP contribution in [0.4, 0.5) is 4.79 Å². The molecule has 0 atom stereocenters. The van der Waals surface area contributed by atoms with E-state index in [0.29, 0.717) is 6.54 Å². The van der Waals surface area contributed by atoms with E-state index in [0.717, 1.165) is 5.56 Å². The first-order chi connectivity index (χ1) is 10.1. The van der Waals surface area contributed by atoms with Gasteiger partial charge in [-0.1, -0.05) is 30.3 Å². The van der Waals surface area contributed by atoms with Crippen LogP contribution >= 0.6 is 0 Å². The summed E-state index contributed by atoms with van der Waals surface area (Å²) in [6, 6.07) is 9.11. The Labute approximate surface area is 122 Å². The lowest BCUT2D eigenvalue weighted by molar-refractivity contribution is -0.136. The van der Waals surface area contributed by atoms with E-state index >= 15 is 0 Å². The van der Waals surface area contributed by atoms with Crippen molar-refractivity contribution in [2.24, 2.45) is 0 Å². The zero-order valence-electron chi connectivity index (χ0n) is 11.5. The van der Waals surface area contributed by atoms with E-state index in [1.807, 2.05) is 30.3 Å². The molecule has 21 heavy (non-hydrogen) atoms. The Morgan fingerprint density at radius 3 is 2.62 bits per heavy atom. The second-order valence-corrected chi connectivity index (χ2v) is 4.79. The van der Waals surface area contributed by atoms with Gasteiger partial charge in [-0.25, -0.2) is 4.79 Å². The number of nitrogens with zero attached hydrogens (tertiary/aromatic N) is 2. The number of carbonyl (C=O) groups excluding carboxylic acids is 2. The smallest absolute Gasteiger partial charge is 0.319 e. The van der Waals surface area contributed by atoms with Gasteiger partial charge in [0.15, 0.2) is 0 Å². The van der Waals surface area contributed by atoms with Crippen molar-refractivity contribution in [2.75, 3.05) is 19.8 Å². The van der Waals surface area contributed by atoms with E-state index in [9.17, 15) is 14.4 Å². The fourth-order valence-corrected chi connectivity index (χ4v) is 2.06. The van der Waals surface area contributed by atoms with Crippen molar-refractivity contribution in [3.05, 3.63) is 35.9 Å². The monoisotopic (exact) mass is 291 g/mol. The van der Waals surface area contributed by atoms with Crippen molar-refractivity contribution in [1.29, 1.82) is 0 Å². The van der Waals surface area contributed by atoms with Crippen LogP contribution < -0.4 is 5.32 Å². The summed E-state index contributed by atoms with van der Waals surface area (Å²) in [5.41, 5.74) is 0.999. The van der Waals surface area contributed by atoms with E-state index in [1.165, 1.54) is 4.90 Å². The van der Waals surface area contributed by atoms with Crippen LogP contribution in [0.3, 0.4) is 0 Å². The first-order valence-electron chi connectivity index (χ1n) is 6.62. The zero-order valence-corrected chi connectivity index (χ0v) is 11.5. The van der Waals surface area contributed by atoms with Crippen molar-refractivity contribution in [3.8, 4) is 0 Å². The minimum absolute atomic E-state index is 0.0196. The molecule has 0 unspecified atom stereocenters. The average Bonchev–Trinajstić information content (AvgIpc) is 2.81. The van der Waals surface area contributed by atoms with Crippen molar-refractivity contribution in [2.45, 2.75) is 13.0 Å². The molecule has 112 valence electrons. The molecule has 7 heteroatoms.